The van der Waals surface area contributed by atoms with E-state index >= 15 is 0 Å². The van der Waals surface area contributed by atoms with Gasteiger partial charge in [-0.3, -0.25) is 0 Å². The molecule has 0 aromatic carbocycles. The molecule has 0 saturated heterocycles. The lowest BCUT2D eigenvalue weighted by molar-refractivity contribution is 0.780. The maximum atomic E-state index is 5.72. The highest BCUT2D eigenvalue weighted by molar-refractivity contribution is 5.44. The van der Waals surface area contributed by atoms with Gasteiger partial charge in [0.1, 0.15) is 0 Å². The Morgan fingerprint density at radius 1 is 1.50 bits per heavy atom. The second kappa shape index (κ2) is 2.72. The molecule has 0 aromatic heterocycles. The van der Waals surface area contributed by atoms with Gasteiger partial charge in [0.05, 0.1) is 0 Å². The Kier molecular flexibility index (Phi) is 1.94. The smallest absolute Gasteiger partial charge is 0.0290 e. The fraction of sp³-hybridized carbons (Fsp3) is 0.300. The van der Waals surface area contributed by atoms with Crippen molar-refractivity contribution < 1.29 is 0 Å². The van der Waals surface area contributed by atoms with Gasteiger partial charge >= 0.3 is 0 Å². The maximum absolute atomic E-state index is 5.72. The SMILES string of the molecule is [CH+]=C1C=C[CH-]C=C1C(C)C. The van der Waals surface area contributed by atoms with E-state index in [-0.39, 0.29) is 0 Å². The zero-order valence-electron chi connectivity index (χ0n) is 6.46. The number of allylic oxidation sites excluding steroid dienone is 5. The molecule has 1 aliphatic carbocycles. The minimum Gasteiger partial charge on any atom is -0.170 e. The van der Waals surface area contributed by atoms with Crippen molar-refractivity contribution in [1.29, 1.82) is 0 Å². The van der Waals surface area contributed by atoms with Crippen LogP contribution in [0.2, 0.25) is 0 Å². The highest BCUT2D eigenvalue weighted by atomic mass is 14.1. The standard InChI is InChI=1S/C10H12/c1-8(2)10-7-5-4-6-9(10)3/h3-8H,1-2H3. The van der Waals surface area contributed by atoms with E-state index in [0.717, 1.165) is 5.57 Å². The van der Waals surface area contributed by atoms with E-state index in [1.54, 1.807) is 0 Å². The van der Waals surface area contributed by atoms with Crippen molar-refractivity contribution in [2.45, 2.75) is 13.8 Å². The normalized spacial score (nSPS) is 17.0. The molecule has 0 nitrogen and oxygen atoms in total. The highest BCUT2D eigenvalue weighted by Crippen LogP contribution is 2.22. The van der Waals surface area contributed by atoms with Crippen LogP contribution in [0, 0.1) is 18.9 Å². The molecule has 1 rings (SSSR count). The third kappa shape index (κ3) is 1.29. The van der Waals surface area contributed by atoms with E-state index in [4.69, 9.17) is 6.58 Å². The van der Waals surface area contributed by atoms with Crippen LogP contribution in [-0.2, 0) is 0 Å². The molecule has 0 bridgehead atoms. The van der Waals surface area contributed by atoms with Crippen LogP contribution >= 0.6 is 0 Å². The first-order valence-electron chi connectivity index (χ1n) is 3.56. The van der Waals surface area contributed by atoms with Gasteiger partial charge in [0.2, 0.25) is 0 Å². The second-order valence-electron chi connectivity index (χ2n) is 2.78. The lowest BCUT2D eigenvalue weighted by atomic mass is 9.92. The van der Waals surface area contributed by atoms with Crippen molar-refractivity contribution in [1.82, 2.24) is 0 Å². The van der Waals surface area contributed by atoms with Crippen molar-refractivity contribution in [3.63, 3.8) is 0 Å². The third-order valence-electron chi connectivity index (χ3n) is 1.62. The topological polar surface area (TPSA) is 0 Å². The first-order valence-corrected chi connectivity index (χ1v) is 3.56. The van der Waals surface area contributed by atoms with Gasteiger partial charge in [-0.05, 0) is 5.57 Å². The molecule has 0 heteroatoms. The Balaban J connectivity index is 2.76. The zero-order chi connectivity index (χ0) is 7.56. The summed E-state index contributed by atoms with van der Waals surface area (Å²) < 4.78 is 0. The maximum Gasteiger partial charge on any atom is -0.0290 e. The first-order chi connectivity index (χ1) is 4.72. The third-order valence-corrected chi connectivity index (χ3v) is 1.62. The van der Waals surface area contributed by atoms with Crippen LogP contribution in [0.5, 0.6) is 0 Å². The van der Waals surface area contributed by atoms with Crippen LogP contribution in [0.15, 0.2) is 29.4 Å². The highest BCUT2D eigenvalue weighted by Gasteiger charge is 2.00. The van der Waals surface area contributed by atoms with Gasteiger partial charge in [-0.1, -0.05) is 26.3 Å². The summed E-state index contributed by atoms with van der Waals surface area (Å²) in [6, 6.07) is 0. The molecule has 0 N–H and O–H groups in total. The summed E-state index contributed by atoms with van der Waals surface area (Å²) in [6.07, 6.45) is 7.99. The summed E-state index contributed by atoms with van der Waals surface area (Å²) in [4.78, 5) is 0. The second-order valence-corrected chi connectivity index (χ2v) is 2.78. The minimum atomic E-state index is 0.529. The molecule has 0 radical (unpaired) electrons. The molecule has 10 heavy (non-hydrogen) atoms. The van der Waals surface area contributed by atoms with Crippen LogP contribution in [0.1, 0.15) is 13.8 Å². The van der Waals surface area contributed by atoms with E-state index < -0.39 is 0 Å². The van der Waals surface area contributed by atoms with Gasteiger partial charge in [-0.15, -0.1) is 11.6 Å². The van der Waals surface area contributed by atoms with Gasteiger partial charge in [-0.2, -0.15) is 18.6 Å². The molecular formula is C10H12. The first kappa shape index (κ1) is 7.11. The monoisotopic (exact) mass is 132 g/mol. The number of hydrogen-bond donors (Lipinski definition) is 0. The van der Waals surface area contributed by atoms with E-state index in [9.17, 15) is 0 Å². The Morgan fingerprint density at radius 3 is 2.60 bits per heavy atom. The van der Waals surface area contributed by atoms with E-state index in [1.165, 1.54) is 5.57 Å². The van der Waals surface area contributed by atoms with Crippen LogP contribution < -0.4 is 0 Å². The predicted octanol–water partition coefficient (Wildman–Crippen LogP) is 2.70. The summed E-state index contributed by atoms with van der Waals surface area (Å²) in [5, 5.41) is 0. The largest absolute Gasteiger partial charge is 0.170 e. The summed E-state index contributed by atoms with van der Waals surface area (Å²) >= 11 is 0. The van der Waals surface area contributed by atoms with Crippen molar-refractivity contribution in [2.24, 2.45) is 5.92 Å². The van der Waals surface area contributed by atoms with Crippen molar-refractivity contribution >= 4 is 0 Å². The molecule has 0 unspecified atom stereocenters. The van der Waals surface area contributed by atoms with Gasteiger partial charge in [0.15, 0.2) is 0 Å². The zero-order valence-corrected chi connectivity index (χ0v) is 6.46. The molecule has 0 amide bonds. The van der Waals surface area contributed by atoms with Crippen molar-refractivity contribution in [3.8, 4) is 0 Å². The fourth-order valence-electron chi connectivity index (χ4n) is 1.04. The molecular weight excluding hydrogens is 120 g/mol. The van der Waals surface area contributed by atoms with E-state index in [2.05, 4.69) is 19.9 Å². The summed E-state index contributed by atoms with van der Waals surface area (Å²) in [6.45, 7) is 10.0. The molecule has 1 aliphatic rings. The predicted molar refractivity (Wildman–Crippen MR) is 44.2 cm³/mol. The Morgan fingerprint density at radius 2 is 2.20 bits per heavy atom. The summed E-state index contributed by atoms with van der Waals surface area (Å²) in [7, 11) is 0. The Hall–Kier alpha value is -1.00. The van der Waals surface area contributed by atoms with Crippen LogP contribution in [-0.4, -0.2) is 0 Å². The van der Waals surface area contributed by atoms with Gasteiger partial charge < -0.3 is 0 Å². The Bertz CT molecular complexity index is 192. The van der Waals surface area contributed by atoms with Gasteiger partial charge in [-0.25, -0.2) is 0 Å². The molecule has 0 fully saturated rings. The van der Waals surface area contributed by atoms with Crippen LogP contribution in [0.3, 0.4) is 0 Å². The molecule has 0 heterocycles. The summed E-state index contributed by atoms with van der Waals surface area (Å²) in [5.41, 5.74) is 2.14. The molecule has 52 valence electrons. The Labute approximate surface area is 62.9 Å². The van der Waals surface area contributed by atoms with Gasteiger partial charge in [0.25, 0.3) is 0 Å². The quantitative estimate of drug-likeness (QED) is 0.481. The molecule has 0 atom stereocenters. The molecule has 0 aromatic rings. The average Bonchev–Trinajstić information content (AvgIpc) is 1.88. The number of hydrogen-bond acceptors (Lipinski definition) is 0. The molecule has 0 saturated carbocycles. The van der Waals surface area contributed by atoms with Crippen LogP contribution in [0.4, 0.5) is 0 Å². The lowest BCUT2D eigenvalue weighted by Crippen LogP contribution is -1.98. The van der Waals surface area contributed by atoms with Crippen molar-refractivity contribution in [2.75, 3.05) is 0 Å². The minimum absolute atomic E-state index is 0.529. The van der Waals surface area contributed by atoms with Gasteiger partial charge in [0, 0.05) is 0 Å². The fourth-order valence-corrected chi connectivity index (χ4v) is 1.04. The average molecular weight is 132 g/mol. The van der Waals surface area contributed by atoms with Crippen molar-refractivity contribution in [3.05, 3.63) is 42.4 Å². The van der Waals surface area contributed by atoms with Crippen LogP contribution in [0.25, 0.3) is 0 Å². The number of rotatable bonds is 1. The molecule has 0 aliphatic heterocycles. The van der Waals surface area contributed by atoms with E-state index in [0.29, 0.717) is 5.92 Å². The van der Waals surface area contributed by atoms with E-state index in [1.807, 2.05) is 18.6 Å². The molecule has 0 spiro atoms. The summed E-state index contributed by atoms with van der Waals surface area (Å²) in [5.74, 6) is 0.529. The lowest BCUT2D eigenvalue weighted by Gasteiger charge is -2.19.